The van der Waals surface area contributed by atoms with Gasteiger partial charge in [0.2, 0.25) is 11.8 Å². The lowest BCUT2D eigenvalue weighted by Gasteiger charge is -2.57. The fourth-order valence-electron chi connectivity index (χ4n) is 6.51. The van der Waals surface area contributed by atoms with Gasteiger partial charge in [0.05, 0.1) is 18.6 Å². The molecule has 0 radical (unpaired) electrons. The summed E-state index contributed by atoms with van der Waals surface area (Å²) in [4.78, 5) is 27.5. The molecule has 6 heteroatoms. The van der Waals surface area contributed by atoms with Crippen molar-refractivity contribution in [1.29, 1.82) is 0 Å². The van der Waals surface area contributed by atoms with Gasteiger partial charge < -0.3 is 19.7 Å². The van der Waals surface area contributed by atoms with Crippen molar-refractivity contribution in [3.05, 3.63) is 0 Å². The van der Waals surface area contributed by atoms with E-state index in [1.54, 1.807) is 7.11 Å². The molecule has 1 N–H and O–H groups in total. The first-order valence-corrected chi connectivity index (χ1v) is 10.7. The Morgan fingerprint density at radius 2 is 1.59 bits per heavy atom. The number of nitrogens with zero attached hydrogens (tertiary/aromatic N) is 1. The smallest absolute Gasteiger partial charge is 0.246 e. The number of likely N-dealkylation sites (tertiary alicyclic amines) is 1. The first-order valence-electron chi connectivity index (χ1n) is 10.7. The highest BCUT2D eigenvalue weighted by molar-refractivity contribution is 5.83. The van der Waals surface area contributed by atoms with Crippen molar-refractivity contribution in [1.82, 2.24) is 10.2 Å². The topological polar surface area (TPSA) is 67.9 Å². The van der Waals surface area contributed by atoms with Gasteiger partial charge in [0.15, 0.2) is 0 Å². The summed E-state index contributed by atoms with van der Waals surface area (Å²) >= 11 is 0. The zero-order chi connectivity index (χ0) is 18.9. The summed E-state index contributed by atoms with van der Waals surface area (Å²) in [5, 5.41) is 3.05. The molecule has 2 amide bonds. The monoisotopic (exact) mass is 378 g/mol. The van der Waals surface area contributed by atoms with Crippen molar-refractivity contribution in [3.63, 3.8) is 0 Å². The number of hydrogen-bond donors (Lipinski definition) is 1. The third kappa shape index (κ3) is 4.16. The molecule has 0 aromatic rings. The van der Waals surface area contributed by atoms with Crippen LogP contribution in [0.4, 0.5) is 0 Å². The second-order valence-corrected chi connectivity index (χ2v) is 9.38. The van der Waals surface area contributed by atoms with E-state index in [4.69, 9.17) is 9.47 Å². The highest BCUT2D eigenvalue weighted by atomic mass is 16.5. The normalized spacial score (nSPS) is 35.4. The predicted molar refractivity (Wildman–Crippen MR) is 101 cm³/mol. The Bertz CT molecular complexity index is 521. The highest BCUT2D eigenvalue weighted by Crippen LogP contribution is 2.60. The molecule has 0 spiro atoms. The summed E-state index contributed by atoms with van der Waals surface area (Å²) in [7, 11) is 1.61. The van der Waals surface area contributed by atoms with Crippen LogP contribution in [-0.4, -0.2) is 62.8 Å². The molecule has 4 bridgehead atoms. The summed E-state index contributed by atoms with van der Waals surface area (Å²) in [5.41, 5.74) is -0.0416. The first kappa shape index (κ1) is 19.2. The third-order valence-corrected chi connectivity index (χ3v) is 7.30. The standard InChI is InChI=1S/C21H34N2O4/c1-26-6-7-27-14-19(24)22-18-2-4-23(5-3-18)20(25)21-11-15-8-16(12-21)10-17(9-15)13-21/h15-18H,2-14H2,1H3,(H,22,24). The van der Waals surface area contributed by atoms with Crippen LogP contribution in [0.3, 0.4) is 0 Å². The molecule has 1 aliphatic heterocycles. The maximum atomic E-state index is 13.4. The minimum absolute atomic E-state index is 0.0416. The van der Waals surface area contributed by atoms with Gasteiger partial charge in [0, 0.05) is 26.2 Å². The molecule has 0 aromatic carbocycles. The molecule has 27 heavy (non-hydrogen) atoms. The molecule has 0 atom stereocenters. The fraction of sp³-hybridized carbons (Fsp3) is 0.905. The van der Waals surface area contributed by atoms with Crippen LogP contribution in [0.5, 0.6) is 0 Å². The van der Waals surface area contributed by atoms with Crippen LogP contribution in [0.15, 0.2) is 0 Å². The number of piperidine rings is 1. The lowest BCUT2D eigenvalue weighted by Crippen LogP contribution is -2.57. The van der Waals surface area contributed by atoms with E-state index in [0.29, 0.717) is 19.1 Å². The predicted octanol–water partition coefficient (Wildman–Crippen LogP) is 1.97. The minimum Gasteiger partial charge on any atom is -0.382 e. The number of methoxy groups -OCH3 is 1. The molecular weight excluding hydrogens is 344 g/mol. The van der Waals surface area contributed by atoms with Crippen molar-refractivity contribution < 1.29 is 19.1 Å². The van der Waals surface area contributed by atoms with Crippen LogP contribution in [0.1, 0.15) is 51.4 Å². The van der Waals surface area contributed by atoms with Crippen molar-refractivity contribution in [3.8, 4) is 0 Å². The number of rotatable bonds is 7. The number of nitrogens with one attached hydrogen (secondary N) is 1. The molecule has 4 aliphatic carbocycles. The number of carbonyl (C=O) groups is 2. The van der Waals surface area contributed by atoms with Crippen molar-refractivity contribution >= 4 is 11.8 Å². The van der Waals surface area contributed by atoms with Crippen molar-refractivity contribution in [2.45, 2.75) is 57.4 Å². The second kappa shape index (κ2) is 8.08. The number of amides is 2. The quantitative estimate of drug-likeness (QED) is 0.688. The van der Waals surface area contributed by atoms with E-state index < -0.39 is 0 Å². The Labute approximate surface area is 162 Å². The number of ether oxygens (including phenoxy) is 2. The van der Waals surface area contributed by atoms with E-state index in [1.165, 1.54) is 19.3 Å². The van der Waals surface area contributed by atoms with Crippen LogP contribution in [0.2, 0.25) is 0 Å². The van der Waals surface area contributed by atoms with E-state index in [-0.39, 0.29) is 24.0 Å². The van der Waals surface area contributed by atoms with Gasteiger partial charge in [0.1, 0.15) is 6.61 Å². The van der Waals surface area contributed by atoms with Gasteiger partial charge in [-0.25, -0.2) is 0 Å². The summed E-state index contributed by atoms with van der Waals surface area (Å²) in [6.45, 7) is 2.56. The second-order valence-electron chi connectivity index (χ2n) is 9.38. The first-order chi connectivity index (χ1) is 13.1. The summed E-state index contributed by atoms with van der Waals surface area (Å²) in [6.07, 6.45) is 9.20. The van der Waals surface area contributed by atoms with Crippen molar-refractivity contribution in [2.75, 3.05) is 40.0 Å². The van der Waals surface area contributed by atoms with Crippen LogP contribution < -0.4 is 5.32 Å². The maximum absolute atomic E-state index is 13.4. The summed E-state index contributed by atoms with van der Waals surface area (Å²) in [6, 6.07) is 0.156. The van der Waals surface area contributed by atoms with E-state index in [0.717, 1.165) is 62.9 Å². The number of hydrogen-bond acceptors (Lipinski definition) is 4. The highest BCUT2D eigenvalue weighted by Gasteiger charge is 2.55. The Kier molecular flexibility index (Phi) is 5.74. The molecule has 152 valence electrons. The van der Waals surface area contributed by atoms with Crippen LogP contribution in [-0.2, 0) is 19.1 Å². The Morgan fingerprint density at radius 1 is 1.00 bits per heavy atom. The lowest BCUT2D eigenvalue weighted by molar-refractivity contribution is -0.158. The fourth-order valence-corrected chi connectivity index (χ4v) is 6.51. The van der Waals surface area contributed by atoms with Crippen LogP contribution in [0.25, 0.3) is 0 Å². The number of carbonyl (C=O) groups excluding carboxylic acids is 2. The Balaban J connectivity index is 1.24. The van der Waals surface area contributed by atoms with Gasteiger partial charge in [-0.3, -0.25) is 9.59 Å². The maximum Gasteiger partial charge on any atom is 0.246 e. The van der Waals surface area contributed by atoms with Gasteiger partial charge in [-0.1, -0.05) is 0 Å². The lowest BCUT2D eigenvalue weighted by atomic mass is 9.49. The SMILES string of the molecule is COCCOCC(=O)NC1CCN(C(=O)C23CC4CC(CC(C4)C2)C3)CC1. The molecule has 5 aliphatic rings. The largest absolute Gasteiger partial charge is 0.382 e. The van der Waals surface area contributed by atoms with Gasteiger partial charge in [-0.2, -0.15) is 0 Å². The van der Waals surface area contributed by atoms with Crippen LogP contribution >= 0.6 is 0 Å². The van der Waals surface area contributed by atoms with E-state index in [1.807, 2.05) is 0 Å². The van der Waals surface area contributed by atoms with Gasteiger partial charge >= 0.3 is 0 Å². The third-order valence-electron chi connectivity index (χ3n) is 7.30. The summed E-state index contributed by atoms with van der Waals surface area (Å²) < 4.78 is 10.2. The molecule has 1 heterocycles. The van der Waals surface area contributed by atoms with E-state index in [9.17, 15) is 9.59 Å². The van der Waals surface area contributed by atoms with Gasteiger partial charge in [-0.05, 0) is 69.1 Å². The Morgan fingerprint density at radius 3 is 2.15 bits per heavy atom. The average Bonchev–Trinajstić information content (AvgIpc) is 2.64. The molecule has 6 nitrogen and oxygen atoms in total. The van der Waals surface area contributed by atoms with Gasteiger partial charge in [-0.15, -0.1) is 0 Å². The summed E-state index contributed by atoms with van der Waals surface area (Å²) in [5.74, 6) is 2.76. The minimum atomic E-state index is -0.0723. The Hall–Kier alpha value is -1.14. The van der Waals surface area contributed by atoms with Crippen molar-refractivity contribution in [2.24, 2.45) is 23.2 Å². The van der Waals surface area contributed by atoms with E-state index >= 15 is 0 Å². The van der Waals surface area contributed by atoms with E-state index in [2.05, 4.69) is 10.2 Å². The molecule has 1 saturated heterocycles. The van der Waals surface area contributed by atoms with Crippen LogP contribution in [0, 0.1) is 23.2 Å². The zero-order valence-electron chi connectivity index (χ0n) is 16.6. The average molecular weight is 379 g/mol. The molecule has 0 aromatic heterocycles. The molecule has 5 rings (SSSR count). The molecule has 4 saturated carbocycles. The zero-order valence-corrected chi connectivity index (χ0v) is 16.6. The molecule has 5 fully saturated rings. The molecular formula is C21H34N2O4. The molecule has 0 unspecified atom stereocenters. The van der Waals surface area contributed by atoms with Gasteiger partial charge in [0.25, 0.3) is 0 Å².